The maximum absolute atomic E-state index is 12.4. The molecular formula is C21H28N2O3. The number of benzene rings is 2. The van der Waals surface area contributed by atoms with E-state index in [1.807, 2.05) is 69.3 Å². The molecule has 0 bridgehead atoms. The molecule has 26 heavy (non-hydrogen) atoms. The standard InChI is InChI=1S/C21H28N2O3/c1-4-25-19-12-11-17(14-20(19)26-5-2)15(3)23-21(24)18(22)13-16-9-7-6-8-10-16/h6-12,14-15,18H,4-5,13,22H2,1-3H3,(H,23,24). The van der Waals surface area contributed by atoms with Gasteiger partial charge < -0.3 is 20.5 Å². The highest BCUT2D eigenvalue weighted by atomic mass is 16.5. The lowest BCUT2D eigenvalue weighted by molar-refractivity contribution is -0.123. The molecule has 2 aromatic rings. The molecule has 0 heterocycles. The van der Waals surface area contributed by atoms with Gasteiger partial charge in [0.15, 0.2) is 11.5 Å². The highest BCUT2D eigenvalue weighted by Gasteiger charge is 2.18. The van der Waals surface area contributed by atoms with E-state index in [-0.39, 0.29) is 11.9 Å². The van der Waals surface area contributed by atoms with Crippen LogP contribution in [0.5, 0.6) is 11.5 Å². The van der Waals surface area contributed by atoms with Gasteiger partial charge in [0.25, 0.3) is 0 Å². The van der Waals surface area contributed by atoms with Crippen molar-refractivity contribution in [2.75, 3.05) is 13.2 Å². The van der Waals surface area contributed by atoms with Gasteiger partial charge in [0, 0.05) is 0 Å². The van der Waals surface area contributed by atoms with Crippen LogP contribution in [0, 0.1) is 0 Å². The molecule has 0 aliphatic rings. The fourth-order valence-corrected chi connectivity index (χ4v) is 2.70. The molecule has 5 heteroatoms. The number of rotatable bonds is 9. The fraction of sp³-hybridized carbons (Fsp3) is 0.381. The largest absolute Gasteiger partial charge is 0.490 e. The summed E-state index contributed by atoms with van der Waals surface area (Å²) in [5.74, 6) is 1.21. The van der Waals surface area contributed by atoms with Gasteiger partial charge >= 0.3 is 0 Å². The molecule has 0 aromatic heterocycles. The average molecular weight is 356 g/mol. The molecule has 0 fully saturated rings. The summed E-state index contributed by atoms with van der Waals surface area (Å²) in [4.78, 5) is 12.4. The first kappa shape index (κ1) is 19.8. The van der Waals surface area contributed by atoms with Crippen LogP contribution in [0.25, 0.3) is 0 Å². The molecule has 0 saturated heterocycles. The number of nitrogens with two attached hydrogens (primary N) is 1. The highest BCUT2D eigenvalue weighted by molar-refractivity contribution is 5.82. The van der Waals surface area contributed by atoms with Crippen LogP contribution in [0.4, 0.5) is 0 Å². The molecule has 0 saturated carbocycles. The third kappa shape index (κ3) is 5.49. The van der Waals surface area contributed by atoms with E-state index in [9.17, 15) is 4.79 Å². The van der Waals surface area contributed by atoms with Crippen LogP contribution in [0.15, 0.2) is 48.5 Å². The van der Waals surface area contributed by atoms with E-state index in [2.05, 4.69) is 5.32 Å². The summed E-state index contributed by atoms with van der Waals surface area (Å²) in [5.41, 5.74) is 8.05. The highest BCUT2D eigenvalue weighted by Crippen LogP contribution is 2.30. The Morgan fingerprint density at radius 3 is 2.35 bits per heavy atom. The second-order valence-corrected chi connectivity index (χ2v) is 6.10. The van der Waals surface area contributed by atoms with Gasteiger partial charge in [-0.1, -0.05) is 36.4 Å². The Morgan fingerprint density at radius 1 is 1.04 bits per heavy atom. The molecule has 140 valence electrons. The molecule has 0 aliphatic heterocycles. The summed E-state index contributed by atoms with van der Waals surface area (Å²) in [5, 5.41) is 2.98. The molecule has 2 unspecified atom stereocenters. The first-order valence-corrected chi connectivity index (χ1v) is 9.04. The predicted molar refractivity (Wildman–Crippen MR) is 103 cm³/mol. The van der Waals surface area contributed by atoms with Crippen LogP contribution in [-0.2, 0) is 11.2 Å². The summed E-state index contributed by atoms with van der Waals surface area (Å²) >= 11 is 0. The van der Waals surface area contributed by atoms with Crippen LogP contribution in [0.2, 0.25) is 0 Å². The number of hydrogen-bond acceptors (Lipinski definition) is 4. The Kier molecular flexibility index (Phi) is 7.48. The van der Waals surface area contributed by atoms with Crippen molar-refractivity contribution in [2.24, 2.45) is 5.73 Å². The maximum atomic E-state index is 12.4. The topological polar surface area (TPSA) is 73.6 Å². The van der Waals surface area contributed by atoms with E-state index in [0.29, 0.717) is 31.1 Å². The van der Waals surface area contributed by atoms with E-state index >= 15 is 0 Å². The quantitative estimate of drug-likeness (QED) is 0.723. The molecule has 0 aliphatic carbocycles. The van der Waals surface area contributed by atoms with Crippen LogP contribution >= 0.6 is 0 Å². The molecule has 0 radical (unpaired) electrons. The van der Waals surface area contributed by atoms with Gasteiger partial charge in [-0.3, -0.25) is 4.79 Å². The Morgan fingerprint density at radius 2 is 1.69 bits per heavy atom. The minimum absolute atomic E-state index is 0.173. The first-order valence-electron chi connectivity index (χ1n) is 9.04. The number of carbonyl (C=O) groups excluding carboxylic acids is 1. The summed E-state index contributed by atoms with van der Waals surface area (Å²) in [7, 11) is 0. The van der Waals surface area contributed by atoms with Gasteiger partial charge in [-0.2, -0.15) is 0 Å². The van der Waals surface area contributed by atoms with Crippen molar-refractivity contribution < 1.29 is 14.3 Å². The fourth-order valence-electron chi connectivity index (χ4n) is 2.70. The van der Waals surface area contributed by atoms with Crippen molar-refractivity contribution in [3.05, 3.63) is 59.7 Å². The molecule has 2 atom stereocenters. The van der Waals surface area contributed by atoms with Gasteiger partial charge in [-0.05, 0) is 50.5 Å². The van der Waals surface area contributed by atoms with E-state index in [4.69, 9.17) is 15.2 Å². The van der Waals surface area contributed by atoms with Crippen molar-refractivity contribution in [2.45, 2.75) is 39.3 Å². The smallest absolute Gasteiger partial charge is 0.237 e. The van der Waals surface area contributed by atoms with Gasteiger partial charge in [0.05, 0.1) is 25.3 Å². The molecule has 0 spiro atoms. The van der Waals surface area contributed by atoms with Gasteiger partial charge in [-0.15, -0.1) is 0 Å². The van der Waals surface area contributed by atoms with Crippen LogP contribution in [0.3, 0.4) is 0 Å². The number of carbonyl (C=O) groups is 1. The van der Waals surface area contributed by atoms with Crippen LogP contribution in [0.1, 0.15) is 37.9 Å². The molecule has 2 rings (SSSR count). The molecular weight excluding hydrogens is 328 g/mol. The van der Waals surface area contributed by atoms with Crippen molar-refractivity contribution >= 4 is 5.91 Å². The molecule has 3 N–H and O–H groups in total. The summed E-state index contributed by atoms with van der Waals surface area (Å²) in [6.07, 6.45) is 0.507. The first-order chi connectivity index (χ1) is 12.5. The molecule has 1 amide bonds. The van der Waals surface area contributed by atoms with E-state index in [0.717, 1.165) is 11.1 Å². The van der Waals surface area contributed by atoms with Crippen molar-refractivity contribution in [3.8, 4) is 11.5 Å². The van der Waals surface area contributed by atoms with Crippen molar-refractivity contribution in [1.29, 1.82) is 0 Å². The second-order valence-electron chi connectivity index (χ2n) is 6.10. The van der Waals surface area contributed by atoms with E-state index in [1.54, 1.807) is 0 Å². The number of nitrogens with one attached hydrogen (secondary N) is 1. The zero-order valence-corrected chi connectivity index (χ0v) is 15.7. The van der Waals surface area contributed by atoms with E-state index < -0.39 is 6.04 Å². The summed E-state index contributed by atoms with van der Waals surface area (Å²) < 4.78 is 11.2. The SMILES string of the molecule is CCOc1ccc(C(C)NC(=O)C(N)Cc2ccccc2)cc1OCC. The van der Waals surface area contributed by atoms with Gasteiger partial charge in [-0.25, -0.2) is 0 Å². The Bertz CT molecular complexity index is 704. The predicted octanol–water partition coefficient (Wildman–Crippen LogP) is 3.23. The lowest BCUT2D eigenvalue weighted by Gasteiger charge is -2.19. The summed E-state index contributed by atoms with van der Waals surface area (Å²) in [6, 6.07) is 14.7. The molecule has 5 nitrogen and oxygen atoms in total. The Balaban J connectivity index is 2.02. The third-order valence-corrected chi connectivity index (χ3v) is 4.06. The monoisotopic (exact) mass is 356 g/mol. The van der Waals surface area contributed by atoms with Crippen molar-refractivity contribution in [3.63, 3.8) is 0 Å². The minimum atomic E-state index is -0.589. The second kappa shape index (κ2) is 9.82. The van der Waals surface area contributed by atoms with Gasteiger partial charge in [0.2, 0.25) is 5.91 Å². The van der Waals surface area contributed by atoms with Gasteiger partial charge in [0.1, 0.15) is 0 Å². The summed E-state index contributed by atoms with van der Waals surface area (Å²) in [6.45, 7) is 6.90. The lowest BCUT2D eigenvalue weighted by atomic mass is 10.0. The zero-order chi connectivity index (χ0) is 18.9. The zero-order valence-electron chi connectivity index (χ0n) is 15.7. The van der Waals surface area contributed by atoms with Crippen LogP contribution < -0.4 is 20.5 Å². The number of amides is 1. The number of hydrogen-bond donors (Lipinski definition) is 2. The van der Waals surface area contributed by atoms with Crippen molar-refractivity contribution in [1.82, 2.24) is 5.32 Å². The Labute approximate surface area is 155 Å². The Hall–Kier alpha value is -2.53. The normalized spacial score (nSPS) is 12.9. The van der Waals surface area contributed by atoms with E-state index in [1.165, 1.54) is 0 Å². The lowest BCUT2D eigenvalue weighted by Crippen LogP contribution is -2.42. The minimum Gasteiger partial charge on any atom is -0.490 e. The van der Waals surface area contributed by atoms with Crippen LogP contribution in [-0.4, -0.2) is 25.2 Å². The third-order valence-electron chi connectivity index (χ3n) is 4.06. The average Bonchev–Trinajstić information content (AvgIpc) is 2.64. The number of ether oxygens (including phenoxy) is 2. The maximum Gasteiger partial charge on any atom is 0.237 e. The molecule has 2 aromatic carbocycles.